The molecule has 0 aliphatic rings. The van der Waals surface area contributed by atoms with E-state index in [1.165, 1.54) is 0 Å². The molecule has 43 valence electrons. The van der Waals surface area contributed by atoms with Crippen LogP contribution >= 0.6 is 37.2 Å². The average molecular weight is 196 g/mol. The van der Waals surface area contributed by atoms with Crippen molar-refractivity contribution in [3.63, 3.8) is 0 Å². The fourth-order valence-corrected chi connectivity index (χ4v) is 0. The van der Waals surface area contributed by atoms with Crippen molar-refractivity contribution in [2.45, 2.75) is 0 Å². The second-order valence-electron chi connectivity index (χ2n) is 0.0630. The summed E-state index contributed by atoms with van der Waals surface area (Å²) in [5.41, 5.74) is 0. The van der Waals surface area contributed by atoms with Crippen LogP contribution in [0.2, 0.25) is 0 Å². The number of rotatable bonds is 0. The number of hydrogen-bond acceptors (Lipinski definition) is 2. The van der Waals surface area contributed by atoms with Gasteiger partial charge in [-0.05, 0) is 0 Å². The van der Waals surface area contributed by atoms with E-state index in [-0.39, 0.29) is 37.2 Å². The normalized spacial score (nSPS) is 2.00. The molecule has 0 saturated carbocycles. The third kappa shape index (κ3) is 81.1. The van der Waals surface area contributed by atoms with Crippen molar-refractivity contribution in [1.29, 1.82) is 0 Å². The van der Waals surface area contributed by atoms with E-state index in [2.05, 4.69) is 0 Å². The molecule has 0 atom stereocenters. The summed E-state index contributed by atoms with van der Waals surface area (Å²) < 4.78 is 16.8. The predicted molar refractivity (Wildman–Crippen MR) is 23.1 cm³/mol. The summed E-state index contributed by atoms with van der Waals surface area (Å²) in [6.07, 6.45) is 0. The summed E-state index contributed by atoms with van der Waals surface area (Å²) in [7, 11) is 0. The maximum absolute atomic E-state index is 8.41. The van der Waals surface area contributed by atoms with Gasteiger partial charge in [-0.15, -0.1) is 37.2 Å². The fourth-order valence-electron chi connectivity index (χ4n) is 0. The standard InChI is InChI=1S/3ClH.Mn.2O/h3*1H;;;. The van der Waals surface area contributed by atoms with E-state index in [1.54, 1.807) is 0 Å². The monoisotopic (exact) mass is 195 g/mol. The fraction of sp³-hybridized carbons (Fsp3) is 0. The predicted octanol–water partition coefficient (Wildman–Crippen LogP) is 1.03. The molecule has 0 aromatic rings. The Kier molecular flexibility index (Phi) is 176. The third-order valence-corrected chi connectivity index (χ3v) is 0. The average Bonchev–Trinajstić information content (AvgIpc) is 0.918. The molecule has 0 unspecified atom stereocenters. The van der Waals surface area contributed by atoms with Gasteiger partial charge in [0, 0.05) is 0 Å². The van der Waals surface area contributed by atoms with Gasteiger partial charge in [0.05, 0.1) is 0 Å². The Morgan fingerprint density at radius 1 is 0.833 bits per heavy atom. The van der Waals surface area contributed by atoms with Crippen LogP contribution in [0.25, 0.3) is 0 Å². The molecule has 0 rings (SSSR count). The van der Waals surface area contributed by atoms with E-state index >= 15 is 0 Å². The molecule has 0 spiro atoms. The molecular weight excluding hydrogens is 193 g/mol. The van der Waals surface area contributed by atoms with E-state index in [1.807, 2.05) is 0 Å². The Bertz CT molecular complexity index is 29.8. The second-order valence-corrected chi connectivity index (χ2v) is 0.260. The molecule has 0 bridgehead atoms. The molecule has 0 aromatic carbocycles. The van der Waals surface area contributed by atoms with Crippen molar-refractivity contribution in [1.82, 2.24) is 0 Å². The summed E-state index contributed by atoms with van der Waals surface area (Å²) in [6.45, 7) is 0. The summed E-state index contributed by atoms with van der Waals surface area (Å²) in [5, 5.41) is 0. The minimum absolute atomic E-state index is 0. The minimum atomic E-state index is -1.44. The molecule has 0 fully saturated rings. The summed E-state index contributed by atoms with van der Waals surface area (Å²) in [5.74, 6) is 0. The Balaban J connectivity index is -0.00000000667. The van der Waals surface area contributed by atoms with Crippen LogP contribution in [0.3, 0.4) is 0 Å². The second kappa shape index (κ2) is 37.7. The Hall–Kier alpha value is 0.989. The molecule has 0 N–H and O–H groups in total. The zero-order valence-corrected chi connectivity index (χ0v) is 6.05. The van der Waals surface area contributed by atoms with Crippen molar-refractivity contribution < 1.29 is 22.5 Å². The van der Waals surface area contributed by atoms with Gasteiger partial charge < -0.3 is 0 Å². The maximum atomic E-state index is 8.41. The first-order valence-electron chi connectivity index (χ1n) is 0.309. The molecule has 0 aromatic heterocycles. The van der Waals surface area contributed by atoms with Crippen molar-refractivity contribution in [3.05, 3.63) is 0 Å². The van der Waals surface area contributed by atoms with E-state index in [0.717, 1.165) is 0 Å². The molecule has 6 heavy (non-hydrogen) atoms. The number of halogens is 3. The van der Waals surface area contributed by atoms with E-state index in [0.29, 0.717) is 0 Å². The van der Waals surface area contributed by atoms with Crippen molar-refractivity contribution in [2.24, 2.45) is 0 Å². The first-order chi connectivity index (χ1) is 1.41. The number of hydrogen-bond donors (Lipinski definition) is 0. The van der Waals surface area contributed by atoms with Crippen LogP contribution in [0.15, 0.2) is 0 Å². The van der Waals surface area contributed by atoms with Gasteiger partial charge in [0.25, 0.3) is 0 Å². The Labute approximate surface area is 59.9 Å². The molecule has 0 aliphatic carbocycles. The van der Waals surface area contributed by atoms with Crippen molar-refractivity contribution >= 4 is 37.2 Å². The third-order valence-electron chi connectivity index (χ3n) is 0. The van der Waals surface area contributed by atoms with Crippen molar-refractivity contribution in [3.8, 4) is 0 Å². The van der Waals surface area contributed by atoms with E-state index < -0.39 is 14.8 Å². The van der Waals surface area contributed by atoms with Crippen LogP contribution < -0.4 is 0 Å². The zero-order chi connectivity index (χ0) is 2.71. The summed E-state index contributed by atoms with van der Waals surface area (Å²) >= 11 is -1.44. The molecule has 0 radical (unpaired) electrons. The van der Waals surface area contributed by atoms with Gasteiger partial charge in [0.15, 0.2) is 0 Å². The van der Waals surface area contributed by atoms with E-state index in [4.69, 9.17) is 7.67 Å². The molecule has 0 heterocycles. The van der Waals surface area contributed by atoms with Gasteiger partial charge in [0.1, 0.15) is 0 Å². The van der Waals surface area contributed by atoms with Gasteiger partial charge in [-0.1, -0.05) is 0 Å². The molecule has 0 saturated heterocycles. The first kappa shape index (κ1) is 28.1. The Morgan fingerprint density at radius 2 is 0.833 bits per heavy atom. The van der Waals surface area contributed by atoms with Crippen LogP contribution in [-0.2, 0) is 22.5 Å². The molecule has 0 aliphatic heterocycles. The Morgan fingerprint density at radius 3 is 0.833 bits per heavy atom. The molecule has 2 nitrogen and oxygen atoms in total. The zero-order valence-electron chi connectivity index (χ0n) is 2.42. The van der Waals surface area contributed by atoms with Gasteiger partial charge in [-0.3, -0.25) is 0 Å². The SMILES string of the molecule is Cl.Cl.Cl.[O]=[Mn]=[O]. The van der Waals surface area contributed by atoms with Crippen molar-refractivity contribution in [2.75, 3.05) is 0 Å². The van der Waals surface area contributed by atoms with Gasteiger partial charge in [-0.2, -0.15) is 0 Å². The topological polar surface area (TPSA) is 34.1 Å². The molecule has 0 amide bonds. The quantitative estimate of drug-likeness (QED) is 0.542. The first-order valence-corrected chi connectivity index (χ1v) is 1.27. The van der Waals surface area contributed by atoms with Crippen LogP contribution in [0, 0.1) is 0 Å². The van der Waals surface area contributed by atoms with Crippen LogP contribution in [0.4, 0.5) is 0 Å². The van der Waals surface area contributed by atoms with Crippen LogP contribution in [0.1, 0.15) is 0 Å². The van der Waals surface area contributed by atoms with Crippen LogP contribution in [-0.4, -0.2) is 0 Å². The molecule has 6 heteroatoms. The van der Waals surface area contributed by atoms with E-state index in [9.17, 15) is 0 Å². The molecular formula is H3Cl3MnO2. The van der Waals surface area contributed by atoms with Gasteiger partial charge in [-0.25, -0.2) is 0 Å². The van der Waals surface area contributed by atoms with Crippen LogP contribution in [0.5, 0.6) is 0 Å². The summed E-state index contributed by atoms with van der Waals surface area (Å²) in [6, 6.07) is 0. The summed E-state index contributed by atoms with van der Waals surface area (Å²) in [4.78, 5) is 0. The van der Waals surface area contributed by atoms with Gasteiger partial charge >= 0.3 is 22.5 Å². The van der Waals surface area contributed by atoms with Gasteiger partial charge in [0.2, 0.25) is 0 Å².